The van der Waals surface area contributed by atoms with Crippen LogP contribution in [0, 0.1) is 0 Å². The molecule has 5 nitrogen and oxygen atoms in total. The highest BCUT2D eigenvalue weighted by molar-refractivity contribution is 5.78. The van der Waals surface area contributed by atoms with Crippen molar-refractivity contribution in [2.75, 3.05) is 33.3 Å². The van der Waals surface area contributed by atoms with Gasteiger partial charge in [-0.1, -0.05) is 18.6 Å². The number of carbonyl (C=O) groups is 1. The average Bonchev–Trinajstić information content (AvgIpc) is 2.59. The summed E-state index contributed by atoms with van der Waals surface area (Å²) < 4.78 is 5.26. The number of hydrogen-bond acceptors (Lipinski definition) is 4. The molecule has 1 aromatic carbocycles. The summed E-state index contributed by atoms with van der Waals surface area (Å²) in [5.74, 6) is 0.928. The number of hydrogen-bond donors (Lipinski definition) is 2. The molecule has 0 unspecified atom stereocenters. The maximum absolute atomic E-state index is 11.8. The Morgan fingerprint density at radius 1 is 1.17 bits per heavy atom. The molecular formula is C19H31N3O2. The van der Waals surface area contributed by atoms with Gasteiger partial charge in [-0.25, -0.2) is 0 Å². The summed E-state index contributed by atoms with van der Waals surface area (Å²) in [5.41, 5.74) is 1.27. The summed E-state index contributed by atoms with van der Waals surface area (Å²) in [6.45, 7) is 7.33. The van der Waals surface area contributed by atoms with Crippen LogP contribution in [0.15, 0.2) is 24.3 Å². The number of nitrogens with zero attached hydrogens (tertiary/aromatic N) is 1. The Morgan fingerprint density at radius 2 is 1.83 bits per heavy atom. The molecule has 0 radical (unpaired) electrons. The third-order valence-electron chi connectivity index (χ3n) is 4.40. The second-order valence-corrected chi connectivity index (χ2v) is 6.74. The lowest BCUT2D eigenvalue weighted by molar-refractivity contribution is -0.120. The van der Waals surface area contributed by atoms with Gasteiger partial charge in [0.25, 0.3) is 0 Å². The second-order valence-electron chi connectivity index (χ2n) is 6.74. The SMILES string of the molecule is COc1ccc([C@H](CNCC(=O)NC(C)C)N2CCCCC2)cc1. The van der Waals surface area contributed by atoms with Crippen LogP contribution in [0.5, 0.6) is 5.75 Å². The predicted octanol–water partition coefficient (Wildman–Crippen LogP) is 2.34. The average molecular weight is 333 g/mol. The Labute approximate surface area is 145 Å². The van der Waals surface area contributed by atoms with Crippen LogP contribution in [0.25, 0.3) is 0 Å². The van der Waals surface area contributed by atoms with Crippen molar-refractivity contribution in [3.05, 3.63) is 29.8 Å². The van der Waals surface area contributed by atoms with Gasteiger partial charge in [0, 0.05) is 18.6 Å². The zero-order valence-corrected chi connectivity index (χ0v) is 15.2. The van der Waals surface area contributed by atoms with E-state index in [0.717, 1.165) is 25.4 Å². The molecule has 1 aliphatic heterocycles. The summed E-state index contributed by atoms with van der Waals surface area (Å²) in [6.07, 6.45) is 3.82. The van der Waals surface area contributed by atoms with E-state index in [-0.39, 0.29) is 11.9 Å². The van der Waals surface area contributed by atoms with Gasteiger partial charge < -0.3 is 15.4 Å². The molecule has 0 saturated carbocycles. The van der Waals surface area contributed by atoms with E-state index in [1.807, 2.05) is 26.0 Å². The van der Waals surface area contributed by atoms with Crippen molar-refractivity contribution < 1.29 is 9.53 Å². The summed E-state index contributed by atoms with van der Waals surface area (Å²) >= 11 is 0. The largest absolute Gasteiger partial charge is 0.497 e. The molecule has 0 spiro atoms. The van der Waals surface area contributed by atoms with E-state index in [9.17, 15) is 4.79 Å². The van der Waals surface area contributed by atoms with Crippen molar-refractivity contribution in [3.63, 3.8) is 0 Å². The van der Waals surface area contributed by atoms with Gasteiger partial charge in [-0.3, -0.25) is 9.69 Å². The zero-order valence-electron chi connectivity index (χ0n) is 15.2. The quantitative estimate of drug-likeness (QED) is 0.767. The molecule has 1 atom stereocenters. The Balaban J connectivity index is 1.98. The molecule has 5 heteroatoms. The minimum atomic E-state index is 0.0529. The first-order chi connectivity index (χ1) is 11.6. The first-order valence-electron chi connectivity index (χ1n) is 8.98. The van der Waals surface area contributed by atoms with Crippen molar-refractivity contribution in [3.8, 4) is 5.75 Å². The Morgan fingerprint density at radius 3 is 2.42 bits per heavy atom. The first-order valence-corrected chi connectivity index (χ1v) is 8.98. The number of amides is 1. The summed E-state index contributed by atoms with van der Waals surface area (Å²) in [6, 6.07) is 8.76. The van der Waals surface area contributed by atoms with E-state index >= 15 is 0 Å². The van der Waals surface area contributed by atoms with Crippen LogP contribution in [0.4, 0.5) is 0 Å². The number of rotatable bonds is 8. The topological polar surface area (TPSA) is 53.6 Å². The number of likely N-dealkylation sites (tertiary alicyclic amines) is 1. The van der Waals surface area contributed by atoms with Crippen molar-refractivity contribution >= 4 is 5.91 Å². The van der Waals surface area contributed by atoms with Crippen molar-refractivity contribution in [1.82, 2.24) is 15.5 Å². The number of nitrogens with one attached hydrogen (secondary N) is 2. The van der Waals surface area contributed by atoms with Crippen molar-refractivity contribution in [1.29, 1.82) is 0 Å². The van der Waals surface area contributed by atoms with Crippen LogP contribution in [0.2, 0.25) is 0 Å². The number of ether oxygens (including phenoxy) is 1. The standard InChI is InChI=1S/C19H31N3O2/c1-15(2)21-19(23)14-20-13-18(22-11-5-4-6-12-22)16-7-9-17(24-3)10-8-16/h7-10,15,18,20H,4-6,11-14H2,1-3H3,(H,21,23)/t18-/m0/s1. The molecule has 24 heavy (non-hydrogen) atoms. The molecule has 1 saturated heterocycles. The van der Waals surface area contributed by atoms with E-state index < -0.39 is 0 Å². The Bertz CT molecular complexity index is 496. The molecule has 2 rings (SSSR count). The molecule has 134 valence electrons. The lowest BCUT2D eigenvalue weighted by Crippen LogP contribution is -2.43. The van der Waals surface area contributed by atoms with E-state index in [1.54, 1.807) is 7.11 Å². The minimum Gasteiger partial charge on any atom is -0.497 e. The molecule has 2 N–H and O–H groups in total. The Kier molecular flexibility index (Phi) is 7.53. The summed E-state index contributed by atoms with van der Waals surface area (Å²) in [5, 5.41) is 6.25. The monoisotopic (exact) mass is 333 g/mol. The number of methoxy groups -OCH3 is 1. The lowest BCUT2D eigenvalue weighted by Gasteiger charge is -2.35. The molecule has 1 heterocycles. The number of piperidine rings is 1. The fourth-order valence-corrected chi connectivity index (χ4v) is 3.21. The van der Waals surface area contributed by atoms with Gasteiger partial charge in [-0.2, -0.15) is 0 Å². The maximum atomic E-state index is 11.8. The van der Waals surface area contributed by atoms with Gasteiger partial charge in [0.1, 0.15) is 5.75 Å². The second kappa shape index (κ2) is 9.64. The zero-order chi connectivity index (χ0) is 17.4. The van der Waals surface area contributed by atoms with Crippen molar-refractivity contribution in [2.45, 2.75) is 45.2 Å². The predicted molar refractivity (Wildman–Crippen MR) is 97.3 cm³/mol. The van der Waals surface area contributed by atoms with E-state index in [0.29, 0.717) is 12.6 Å². The fraction of sp³-hybridized carbons (Fsp3) is 0.632. The molecule has 0 bridgehead atoms. The van der Waals surface area contributed by atoms with Crippen LogP contribution in [0.1, 0.15) is 44.7 Å². The number of benzene rings is 1. The van der Waals surface area contributed by atoms with Gasteiger partial charge in [-0.05, 0) is 57.5 Å². The highest BCUT2D eigenvalue weighted by Crippen LogP contribution is 2.25. The smallest absolute Gasteiger partial charge is 0.234 e. The highest BCUT2D eigenvalue weighted by atomic mass is 16.5. The van der Waals surface area contributed by atoms with E-state index in [1.165, 1.54) is 24.8 Å². The van der Waals surface area contributed by atoms with Gasteiger partial charge in [0.2, 0.25) is 5.91 Å². The lowest BCUT2D eigenvalue weighted by atomic mass is 10.0. The molecule has 1 aliphatic rings. The Hall–Kier alpha value is -1.59. The maximum Gasteiger partial charge on any atom is 0.234 e. The number of carbonyl (C=O) groups excluding carboxylic acids is 1. The fourth-order valence-electron chi connectivity index (χ4n) is 3.21. The van der Waals surface area contributed by atoms with Gasteiger partial charge >= 0.3 is 0 Å². The summed E-state index contributed by atoms with van der Waals surface area (Å²) in [7, 11) is 1.69. The normalized spacial score (nSPS) is 16.8. The molecule has 1 aromatic rings. The van der Waals surface area contributed by atoms with Crippen LogP contribution in [-0.2, 0) is 4.79 Å². The van der Waals surface area contributed by atoms with E-state index in [2.05, 4.69) is 27.7 Å². The highest BCUT2D eigenvalue weighted by Gasteiger charge is 2.22. The summed E-state index contributed by atoms with van der Waals surface area (Å²) in [4.78, 5) is 14.4. The molecule has 0 aromatic heterocycles. The molecule has 0 aliphatic carbocycles. The molecular weight excluding hydrogens is 302 g/mol. The van der Waals surface area contributed by atoms with Gasteiger partial charge in [0.05, 0.1) is 13.7 Å². The van der Waals surface area contributed by atoms with Crippen LogP contribution in [-0.4, -0.2) is 50.1 Å². The minimum absolute atomic E-state index is 0.0529. The van der Waals surface area contributed by atoms with Gasteiger partial charge in [-0.15, -0.1) is 0 Å². The third kappa shape index (κ3) is 5.80. The third-order valence-corrected chi connectivity index (χ3v) is 4.40. The van der Waals surface area contributed by atoms with E-state index in [4.69, 9.17) is 4.74 Å². The van der Waals surface area contributed by atoms with Gasteiger partial charge in [0.15, 0.2) is 0 Å². The van der Waals surface area contributed by atoms with Crippen molar-refractivity contribution in [2.24, 2.45) is 0 Å². The molecule has 1 fully saturated rings. The first kappa shape index (κ1) is 18.7. The van der Waals surface area contributed by atoms with Crippen LogP contribution in [0.3, 0.4) is 0 Å². The molecule has 1 amide bonds. The van der Waals surface area contributed by atoms with Crippen LogP contribution < -0.4 is 15.4 Å². The van der Waals surface area contributed by atoms with Crippen LogP contribution >= 0.6 is 0 Å².